The Balaban J connectivity index is 1.41. The van der Waals surface area contributed by atoms with Gasteiger partial charge in [0.2, 0.25) is 0 Å². The summed E-state index contributed by atoms with van der Waals surface area (Å²) in [4.78, 5) is 1.98. The Hall–Kier alpha value is -1.11. The fourth-order valence-electron chi connectivity index (χ4n) is 3.75. The van der Waals surface area contributed by atoms with E-state index >= 15 is 0 Å². The minimum atomic E-state index is -2.65. The fourth-order valence-corrected chi connectivity index (χ4v) is 3.75. The molecule has 0 amide bonds. The van der Waals surface area contributed by atoms with Crippen molar-refractivity contribution in [2.24, 2.45) is 11.3 Å². The molecule has 0 aromatic carbocycles. The predicted octanol–water partition coefficient (Wildman–Crippen LogP) is 2.94. The molecular formula is C14H17F4N3. The van der Waals surface area contributed by atoms with E-state index in [0.717, 1.165) is 5.56 Å². The van der Waals surface area contributed by atoms with Gasteiger partial charge in [-0.1, -0.05) is 6.92 Å². The number of halogens is 4. The number of rotatable bonds is 3. The van der Waals surface area contributed by atoms with Gasteiger partial charge >= 0.3 is 0 Å². The third-order valence-electron chi connectivity index (χ3n) is 5.34. The molecule has 3 nitrogen and oxygen atoms in total. The molecule has 1 aliphatic heterocycles. The molecule has 2 heterocycles. The molecule has 2 saturated carbocycles. The van der Waals surface area contributed by atoms with E-state index in [4.69, 9.17) is 0 Å². The van der Waals surface area contributed by atoms with Crippen LogP contribution in [0, 0.1) is 11.3 Å². The quantitative estimate of drug-likeness (QED) is 0.801. The molecule has 1 saturated heterocycles. The topological polar surface area (TPSA) is 21.1 Å². The summed E-state index contributed by atoms with van der Waals surface area (Å²) in [5.41, 5.74) is -0.103. The first-order valence-electron chi connectivity index (χ1n) is 7.25. The van der Waals surface area contributed by atoms with Crippen LogP contribution in [0.15, 0.2) is 12.4 Å². The lowest BCUT2D eigenvalue weighted by Gasteiger charge is -2.29. The highest BCUT2D eigenvalue weighted by atomic mass is 19.3. The van der Waals surface area contributed by atoms with E-state index in [0.29, 0.717) is 26.1 Å². The number of piperidine rings is 1. The summed E-state index contributed by atoms with van der Waals surface area (Å²) in [6.07, 6.45) is 3.51. The smallest absolute Gasteiger partial charge is 0.272 e. The van der Waals surface area contributed by atoms with Gasteiger partial charge in [0.25, 0.3) is 11.8 Å². The second-order valence-corrected chi connectivity index (χ2v) is 6.90. The monoisotopic (exact) mass is 303 g/mol. The van der Waals surface area contributed by atoms with Gasteiger partial charge < -0.3 is 0 Å². The average molecular weight is 303 g/mol. The lowest BCUT2D eigenvalue weighted by Crippen LogP contribution is -2.35. The number of fused-ring (bicyclic) bond motifs is 1. The van der Waals surface area contributed by atoms with E-state index in [1.807, 2.05) is 4.90 Å². The van der Waals surface area contributed by atoms with Crippen LogP contribution in [0.3, 0.4) is 0 Å². The predicted molar refractivity (Wildman–Crippen MR) is 67.3 cm³/mol. The van der Waals surface area contributed by atoms with Crippen molar-refractivity contribution in [1.29, 1.82) is 0 Å². The van der Waals surface area contributed by atoms with Crippen LogP contribution in [-0.2, 0) is 6.54 Å². The summed E-state index contributed by atoms with van der Waals surface area (Å²) in [6, 6.07) is -0.831. The third-order valence-corrected chi connectivity index (χ3v) is 5.34. The molecule has 3 fully saturated rings. The van der Waals surface area contributed by atoms with Gasteiger partial charge in [0, 0.05) is 37.2 Å². The number of hydrogen-bond donors (Lipinski definition) is 0. The summed E-state index contributed by atoms with van der Waals surface area (Å²) in [6.45, 7) is 3.12. The van der Waals surface area contributed by atoms with E-state index in [1.165, 1.54) is 4.68 Å². The maximum atomic E-state index is 13.7. The molecule has 116 valence electrons. The molecule has 0 bridgehead atoms. The molecule has 0 N–H and O–H groups in total. The highest BCUT2D eigenvalue weighted by Crippen LogP contribution is 2.69. The van der Waals surface area contributed by atoms with Crippen LogP contribution in [0.1, 0.15) is 31.4 Å². The van der Waals surface area contributed by atoms with Crippen molar-refractivity contribution in [3.63, 3.8) is 0 Å². The first kappa shape index (κ1) is 13.5. The van der Waals surface area contributed by atoms with Crippen molar-refractivity contribution in [1.82, 2.24) is 14.7 Å². The summed E-state index contributed by atoms with van der Waals surface area (Å²) >= 11 is 0. The van der Waals surface area contributed by atoms with E-state index in [-0.39, 0.29) is 6.42 Å². The maximum absolute atomic E-state index is 13.7. The van der Waals surface area contributed by atoms with Crippen molar-refractivity contribution < 1.29 is 17.6 Å². The normalized spacial score (nSPS) is 39.9. The van der Waals surface area contributed by atoms with Crippen LogP contribution < -0.4 is 0 Å². The Kier molecular flexibility index (Phi) is 2.45. The summed E-state index contributed by atoms with van der Waals surface area (Å²) in [5.74, 6) is -5.69. The fraction of sp³-hybridized carbons (Fsp3) is 0.786. The highest BCUT2D eigenvalue weighted by Gasteiger charge is 2.78. The molecule has 2 aliphatic carbocycles. The van der Waals surface area contributed by atoms with Gasteiger partial charge in [-0.3, -0.25) is 9.58 Å². The van der Waals surface area contributed by atoms with Gasteiger partial charge in [-0.2, -0.15) is 5.10 Å². The molecule has 0 spiro atoms. The molecule has 21 heavy (non-hydrogen) atoms. The lowest BCUT2D eigenvalue weighted by atomic mass is 9.99. The van der Waals surface area contributed by atoms with Crippen molar-refractivity contribution >= 4 is 0 Å². The zero-order valence-electron chi connectivity index (χ0n) is 11.7. The summed E-state index contributed by atoms with van der Waals surface area (Å²) in [7, 11) is 0. The Morgan fingerprint density at radius 2 is 2.05 bits per heavy atom. The molecular weight excluding hydrogens is 286 g/mol. The highest BCUT2D eigenvalue weighted by molar-refractivity contribution is 5.19. The Bertz CT molecular complexity index is 585. The molecule has 1 unspecified atom stereocenters. The van der Waals surface area contributed by atoms with Crippen LogP contribution in [-0.4, -0.2) is 39.6 Å². The second-order valence-electron chi connectivity index (χ2n) is 6.90. The molecule has 4 rings (SSSR count). The van der Waals surface area contributed by atoms with Crippen LogP contribution >= 0.6 is 0 Å². The van der Waals surface area contributed by atoms with Gasteiger partial charge in [-0.05, 0) is 13.0 Å². The molecule has 1 aromatic heterocycles. The molecule has 7 heteroatoms. The number of alkyl halides is 4. The van der Waals surface area contributed by atoms with E-state index in [9.17, 15) is 17.6 Å². The average Bonchev–Trinajstić information content (AvgIpc) is 3.01. The maximum Gasteiger partial charge on any atom is 0.272 e. The second kappa shape index (κ2) is 3.80. The van der Waals surface area contributed by atoms with Crippen molar-refractivity contribution in [2.75, 3.05) is 13.1 Å². The Labute approximate surface area is 119 Å². The van der Waals surface area contributed by atoms with Crippen molar-refractivity contribution in [3.8, 4) is 0 Å². The van der Waals surface area contributed by atoms with E-state index < -0.39 is 29.2 Å². The zero-order chi connectivity index (χ0) is 15.0. The third kappa shape index (κ3) is 1.86. The number of hydrogen-bond acceptors (Lipinski definition) is 2. The minimum Gasteiger partial charge on any atom is -0.298 e. The van der Waals surface area contributed by atoms with Crippen LogP contribution in [0.25, 0.3) is 0 Å². The van der Waals surface area contributed by atoms with Crippen LogP contribution in [0.2, 0.25) is 0 Å². The Morgan fingerprint density at radius 1 is 1.33 bits per heavy atom. The number of aromatic nitrogens is 2. The van der Waals surface area contributed by atoms with Crippen molar-refractivity contribution in [2.45, 2.75) is 44.2 Å². The van der Waals surface area contributed by atoms with Gasteiger partial charge in [-0.25, -0.2) is 17.6 Å². The largest absolute Gasteiger partial charge is 0.298 e. The zero-order valence-corrected chi connectivity index (χ0v) is 11.7. The first-order chi connectivity index (χ1) is 9.74. The van der Waals surface area contributed by atoms with Crippen molar-refractivity contribution in [3.05, 3.63) is 18.0 Å². The van der Waals surface area contributed by atoms with E-state index in [2.05, 4.69) is 5.10 Å². The molecule has 3 atom stereocenters. The molecule has 3 aliphatic rings. The molecule has 1 aromatic rings. The van der Waals surface area contributed by atoms with Gasteiger partial charge in [0.05, 0.1) is 11.6 Å². The summed E-state index contributed by atoms with van der Waals surface area (Å²) < 4.78 is 54.6. The number of likely N-dealkylation sites (tertiary alicyclic amines) is 1. The lowest BCUT2D eigenvalue weighted by molar-refractivity contribution is 0.0554. The first-order valence-corrected chi connectivity index (χ1v) is 7.25. The van der Waals surface area contributed by atoms with Gasteiger partial charge in [-0.15, -0.1) is 0 Å². The summed E-state index contributed by atoms with van der Waals surface area (Å²) in [5, 5.41) is 3.98. The standard InChI is InChI=1S/C14H17F4N3/c1-12-8-20(3-2-10(12)14(12,17)18)6-9-5-19-21(7-9)11-4-13(11,15)16/h5,7,10-11H,2-4,6,8H2,1H3/t10-,11?,12+/m1/s1. The van der Waals surface area contributed by atoms with Crippen LogP contribution in [0.5, 0.6) is 0 Å². The minimum absolute atomic E-state index is 0.163. The van der Waals surface area contributed by atoms with Crippen LogP contribution in [0.4, 0.5) is 17.6 Å². The Morgan fingerprint density at radius 3 is 2.67 bits per heavy atom. The SMILES string of the molecule is C[C@]12CN(Cc3cnn(C4CC4(F)F)c3)CC[C@H]1C2(F)F. The van der Waals surface area contributed by atoms with Gasteiger partial charge in [0.15, 0.2) is 0 Å². The van der Waals surface area contributed by atoms with Gasteiger partial charge in [0.1, 0.15) is 6.04 Å². The number of nitrogens with zero attached hydrogens (tertiary/aromatic N) is 3. The molecule has 0 radical (unpaired) electrons. The van der Waals surface area contributed by atoms with E-state index in [1.54, 1.807) is 19.3 Å².